The smallest absolute Gasteiger partial charge is 0.339 e. The molecule has 10 heteroatoms. The first-order valence-electron chi connectivity index (χ1n) is 9.03. The van der Waals surface area contributed by atoms with Gasteiger partial charge in [-0.15, -0.1) is 0 Å². The molecule has 0 unspecified atom stereocenters. The van der Waals surface area contributed by atoms with Crippen LogP contribution in [0.4, 0.5) is 17.6 Å². The summed E-state index contributed by atoms with van der Waals surface area (Å²) >= 11 is 5.91. The van der Waals surface area contributed by atoms with E-state index in [0.29, 0.717) is 42.9 Å². The topological polar surface area (TPSA) is 72.1 Å². The fraction of sp³-hybridized carbons (Fsp3) is 0.421. The number of amides is 1. The molecular formula is C19H19ClF4N4O. The van der Waals surface area contributed by atoms with Crippen LogP contribution in [0.2, 0.25) is 5.02 Å². The summed E-state index contributed by atoms with van der Waals surface area (Å²) in [6, 6.07) is 4.04. The number of alkyl halides is 3. The van der Waals surface area contributed by atoms with Crippen molar-refractivity contribution in [1.29, 1.82) is 0 Å². The summed E-state index contributed by atoms with van der Waals surface area (Å²) in [7, 11) is 0. The van der Waals surface area contributed by atoms with Gasteiger partial charge in [-0.2, -0.15) is 13.2 Å². The summed E-state index contributed by atoms with van der Waals surface area (Å²) in [6.45, 7) is 0.798. The highest BCUT2D eigenvalue weighted by atomic mass is 35.5. The largest absolute Gasteiger partial charge is 0.451 e. The Bertz CT molecular complexity index is 868. The number of nitrogens with two attached hydrogens (primary N) is 1. The lowest BCUT2D eigenvalue weighted by atomic mass is 9.86. The molecule has 0 spiro atoms. The van der Waals surface area contributed by atoms with Crippen LogP contribution in [0.1, 0.15) is 34.6 Å². The predicted octanol–water partition coefficient (Wildman–Crippen LogP) is 3.71. The van der Waals surface area contributed by atoms with Gasteiger partial charge in [-0.1, -0.05) is 11.6 Å². The maximum absolute atomic E-state index is 13.9. The van der Waals surface area contributed by atoms with Crippen LogP contribution in [0.15, 0.2) is 30.6 Å². The quantitative estimate of drug-likeness (QED) is 0.750. The van der Waals surface area contributed by atoms with Crippen LogP contribution in [-0.2, 0) is 12.6 Å². The Labute approximate surface area is 169 Å². The Balaban J connectivity index is 1.57. The van der Waals surface area contributed by atoms with Crippen molar-refractivity contribution in [3.05, 3.63) is 58.4 Å². The summed E-state index contributed by atoms with van der Waals surface area (Å²) in [4.78, 5) is 20.5. The third kappa shape index (κ3) is 5.22. The van der Waals surface area contributed by atoms with Gasteiger partial charge in [-0.05, 0) is 48.9 Å². The molecule has 0 saturated carbocycles. The van der Waals surface area contributed by atoms with Gasteiger partial charge in [-0.25, -0.2) is 14.4 Å². The van der Waals surface area contributed by atoms with Crippen molar-refractivity contribution in [3.63, 3.8) is 0 Å². The molecule has 5 nitrogen and oxygen atoms in total. The molecule has 3 rings (SSSR count). The van der Waals surface area contributed by atoms with E-state index in [2.05, 4.69) is 9.97 Å². The maximum atomic E-state index is 13.9. The lowest BCUT2D eigenvalue weighted by Crippen LogP contribution is -2.44. The van der Waals surface area contributed by atoms with Crippen molar-refractivity contribution in [2.75, 3.05) is 13.1 Å². The number of nitrogens with zero attached hydrogens (tertiary/aromatic N) is 3. The molecule has 1 aromatic heterocycles. The van der Waals surface area contributed by atoms with E-state index in [-0.39, 0.29) is 23.3 Å². The minimum Gasteiger partial charge on any atom is -0.339 e. The fourth-order valence-corrected chi connectivity index (χ4v) is 3.61. The van der Waals surface area contributed by atoms with Crippen LogP contribution in [0, 0.1) is 11.7 Å². The zero-order valence-corrected chi connectivity index (χ0v) is 16.0. The molecule has 1 amide bonds. The summed E-state index contributed by atoms with van der Waals surface area (Å²) in [5.41, 5.74) is 6.70. The summed E-state index contributed by atoms with van der Waals surface area (Å²) in [6.07, 6.45) is -1.33. The highest BCUT2D eigenvalue weighted by Crippen LogP contribution is 2.27. The number of piperidine rings is 1. The van der Waals surface area contributed by atoms with E-state index in [4.69, 9.17) is 17.3 Å². The molecule has 29 heavy (non-hydrogen) atoms. The van der Waals surface area contributed by atoms with Crippen molar-refractivity contribution >= 4 is 17.5 Å². The number of hydrogen-bond acceptors (Lipinski definition) is 4. The van der Waals surface area contributed by atoms with Gasteiger partial charge in [0.1, 0.15) is 5.82 Å². The summed E-state index contributed by atoms with van der Waals surface area (Å²) < 4.78 is 51.5. The molecule has 0 bridgehead atoms. The molecule has 2 N–H and O–H groups in total. The Hall–Kier alpha value is -2.26. The average molecular weight is 431 g/mol. The van der Waals surface area contributed by atoms with Crippen LogP contribution < -0.4 is 5.73 Å². The summed E-state index contributed by atoms with van der Waals surface area (Å²) in [5, 5.41) is 0.438. The molecule has 1 aliphatic heterocycles. The standard InChI is InChI=1S/C19H19ClF4N4O/c20-14-1-2-15(21)12(7-14)8-16(25)11-3-5-28(6-4-11)17(29)13-9-26-18(27-10-13)19(22,23)24/h1-2,7,9-11,16H,3-6,8,25H2/t16-/m1/s1. The van der Waals surface area contributed by atoms with Crippen molar-refractivity contribution in [1.82, 2.24) is 14.9 Å². The van der Waals surface area contributed by atoms with Crippen molar-refractivity contribution in [2.45, 2.75) is 31.5 Å². The van der Waals surface area contributed by atoms with Crippen molar-refractivity contribution < 1.29 is 22.4 Å². The molecular weight excluding hydrogens is 412 g/mol. The average Bonchev–Trinajstić information content (AvgIpc) is 2.69. The second-order valence-electron chi connectivity index (χ2n) is 7.03. The van der Waals surface area contributed by atoms with Crippen LogP contribution in [-0.4, -0.2) is 39.9 Å². The van der Waals surface area contributed by atoms with E-state index in [9.17, 15) is 22.4 Å². The number of likely N-dealkylation sites (tertiary alicyclic amines) is 1. The lowest BCUT2D eigenvalue weighted by Gasteiger charge is -2.35. The molecule has 1 aromatic carbocycles. The SMILES string of the molecule is N[C@H](Cc1cc(Cl)ccc1F)C1CCN(C(=O)c2cnc(C(F)(F)F)nc2)CC1. The van der Waals surface area contributed by atoms with Crippen LogP contribution in [0.5, 0.6) is 0 Å². The first-order valence-corrected chi connectivity index (χ1v) is 9.41. The zero-order valence-electron chi connectivity index (χ0n) is 15.3. The molecule has 1 aliphatic rings. The zero-order chi connectivity index (χ0) is 21.2. The first kappa shape index (κ1) is 21.4. The molecule has 2 aromatic rings. The van der Waals surface area contributed by atoms with Crippen LogP contribution in [0.25, 0.3) is 0 Å². The Morgan fingerprint density at radius 1 is 1.24 bits per heavy atom. The van der Waals surface area contributed by atoms with E-state index < -0.39 is 17.9 Å². The van der Waals surface area contributed by atoms with Gasteiger partial charge in [0.05, 0.1) is 5.56 Å². The second kappa shape index (κ2) is 8.62. The molecule has 1 saturated heterocycles. The number of carbonyl (C=O) groups is 1. The van der Waals surface area contributed by atoms with Gasteiger partial charge in [0.2, 0.25) is 5.82 Å². The molecule has 2 heterocycles. The minimum absolute atomic E-state index is 0.00162. The molecule has 0 radical (unpaired) electrons. The van der Waals surface area contributed by atoms with Crippen LogP contribution in [0.3, 0.4) is 0 Å². The molecule has 156 valence electrons. The maximum Gasteiger partial charge on any atom is 0.451 e. The van der Waals surface area contributed by atoms with E-state index in [1.807, 2.05) is 0 Å². The Morgan fingerprint density at radius 3 is 2.45 bits per heavy atom. The number of benzene rings is 1. The fourth-order valence-electron chi connectivity index (χ4n) is 3.42. The van der Waals surface area contributed by atoms with Crippen molar-refractivity contribution in [3.8, 4) is 0 Å². The van der Waals surface area contributed by atoms with E-state index in [1.165, 1.54) is 17.0 Å². The molecule has 1 fully saturated rings. The molecule has 1 atom stereocenters. The van der Waals surface area contributed by atoms with Gasteiger partial charge in [0.15, 0.2) is 0 Å². The number of aromatic nitrogens is 2. The third-order valence-corrected chi connectivity index (χ3v) is 5.28. The van der Waals surface area contributed by atoms with Gasteiger partial charge in [0.25, 0.3) is 5.91 Å². The lowest BCUT2D eigenvalue weighted by molar-refractivity contribution is -0.145. The van der Waals surface area contributed by atoms with Gasteiger partial charge < -0.3 is 10.6 Å². The summed E-state index contributed by atoms with van der Waals surface area (Å²) in [5.74, 6) is -1.99. The molecule has 0 aliphatic carbocycles. The highest BCUT2D eigenvalue weighted by molar-refractivity contribution is 6.30. The Kier molecular flexibility index (Phi) is 6.38. The van der Waals surface area contributed by atoms with E-state index >= 15 is 0 Å². The number of rotatable bonds is 4. The van der Waals surface area contributed by atoms with Gasteiger partial charge in [0, 0.05) is 36.5 Å². The monoisotopic (exact) mass is 430 g/mol. The van der Waals surface area contributed by atoms with Gasteiger partial charge >= 0.3 is 6.18 Å². The number of halogens is 5. The third-order valence-electron chi connectivity index (χ3n) is 5.05. The van der Waals surface area contributed by atoms with Crippen molar-refractivity contribution in [2.24, 2.45) is 11.7 Å². The van der Waals surface area contributed by atoms with E-state index in [1.54, 1.807) is 6.07 Å². The van der Waals surface area contributed by atoms with Crippen LogP contribution >= 0.6 is 11.6 Å². The highest BCUT2D eigenvalue weighted by Gasteiger charge is 2.35. The van der Waals surface area contributed by atoms with E-state index in [0.717, 1.165) is 12.4 Å². The Morgan fingerprint density at radius 2 is 1.86 bits per heavy atom. The number of carbonyl (C=O) groups excluding carboxylic acids is 1. The number of hydrogen-bond donors (Lipinski definition) is 1. The second-order valence-corrected chi connectivity index (χ2v) is 7.46. The first-order chi connectivity index (χ1) is 13.6. The normalized spacial score (nSPS) is 16.7. The van der Waals surface area contributed by atoms with Gasteiger partial charge in [-0.3, -0.25) is 4.79 Å². The minimum atomic E-state index is -4.65. The predicted molar refractivity (Wildman–Crippen MR) is 98.8 cm³/mol.